The molecule has 0 spiro atoms. The van der Waals surface area contributed by atoms with Gasteiger partial charge in [0.2, 0.25) is 5.91 Å². The normalized spacial score (nSPS) is 32.7. The van der Waals surface area contributed by atoms with Crippen LogP contribution in [-0.4, -0.2) is 16.5 Å². The van der Waals surface area contributed by atoms with Gasteiger partial charge in [-0.2, -0.15) is 0 Å². The van der Waals surface area contributed by atoms with Crippen LogP contribution in [-0.2, 0) is 11.3 Å². The van der Waals surface area contributed by atoms with E-state index in [1.807, 2.05) is 0 Å². The van der Waals surface area contributed by atoms with Gasteiger partial charge in [-0.1, -0.05) is 11.6 Å². The SMILES string of the molecule is C[C@H](NC(=O)Cn1c(=O)oc2cc(Cl)ccc21)C12CC3CC(CC(C3)C1)C2. The molecule has 27 heavy (non-hydrogen) atoms. The van der Waals surface area contributed by atoms with Crippen LogP contribution in [0.4, 0.5) is 0 Å². The first kappa shape index (κ1) is 17.4. The number of rotatable bonds is 4. The lowest BCUT2D eigenvalue weighted by molar-refractivity contribution is -0.126. The number of halogens is 1. The smallest absolute Gasteiger partial charge is 0.408 e. The van der Waals surface area contributed by atoms with Gasteiger partial charge in [-0.05, 0) is 80.8 Å². The Labute approximate surface area is 163 Å². The fraction of sp³-hybridized carbons (Fsp3) is 0.619. The molecule has 6 heteroatoms. The highest BCUT2D eigenvalue weighted by Gasteiger charge is 2.53. The van der Waals surface area contributed by atoms with Gasteiger partial charge in [0, 0.05) is 17.1 Å². The van der Waals surface area contributed by atoms with E-state index in [-0.39, 0.29) is 23.9 Å². The first-order valence-corrected chi connectivity index (χ1v) is 10.4. The Balaban J connectivity index is 1.33. The van der Waals surface area contributed by atoms with E-state index in [0.29, 0.717) is 16.1 Å². The molecule has 0 aliphatic heterocycles. The minimum atomic E-state index is -0.523. The maximum Gasteiger partial charge on any atom is 0.420 e. The summed E-state index contributed by atoms with van der Waals surface area (Å²) >= 11 is 5.95. The molecule has 5 nitrogen and oxygen atoms in total. The molecule has 2 aromatic rings. The quantitative estimate of drug-likeness (QED) is 0.861. The molecule has 6 rings (SSSR count). The lowest BCUT2D eigenvalue weighted by Crippen LogP contribution is -2.56. The second-order valence-corrected chi connectivity index (χ2v) is 9.57. The number of nitrogens with one attached hydrogen (secondary N) is 1. The highest BCUT2D eigenvalue weighted by atomic mass is 35.5. The fourth-order valence-corrected chi connectivity index (χ4v) is 6.64. The predicted octanol–water partition coefficient (Wildman–Crippen LogP) is 3.97. The maximum atomic E-state index is 12.7. The third-order valence-electron chi connectivity index (χ3n) is 7.31. The molecule has 0 radical (unpaired) electrons. The summed E-state index contributed by atoms with van der Waals surface area (Å²) in [5.41, 5.74) is 1.26. The maximum absolute atomic E-state index is 12.7. The number of hydrogen-bond acceptors (Lipinski definition) is 3. The molecule has 1 aromatic carbocycles. The van der Waals surface area contributed by atoms with E-state index in [1.54, 1.807) is 18.2 Å². The molecule has 4 fully saturated rings. The van der Waals surface area contributed by atoms with Gasteiger partial charge < -0.3 is 9.73 Å². The lowest BCUT2D eigenvalue weighted by Gasteiger charge is -2.59. The van der Waals surface area contributed by atoms with Crippen molar-refractivity contribution in [1.82, 2.24) is 9.88 Å². The largest absolute Gasteiger partial charge is 0.420 e. The van der Waals surface area contributed by atoms with Gasteiger partial charge in [0.1, 0.15) is 6.54 Å². The van der Waals surface area contributed by atoms with E-state index in [0.717, 1.165) is 17.8 Å². The highest BCUT2D eigenvalue weighted by molar-refractivity contribution is 6.31. The third kappa shape index (κ3) is 2.91. The van der Waals surface area contributed by atoms with Gasteiger partial charge in [-0.3, -0.25) is 9.36 Å². The molecule has 4 aliphatic rings. The number of carbonyl (C=O) groups excluding carboxylic acids is 1. The molecule has 4 saturated carbocycles. The van der Waals surface area contributed by atoms with Gasteiger partial charge in [-0.25, -0.2) is 4.79 Å². The second-order valence-electron chi connectivity index (χ2n) is 9.14. The summed E-state index contributed by atoms with van der Waals surface area (Å²) in [6.45, 7) is 2.13. The molecule has 4 bridgehead atoms. The number of nitrogens with zero attached hydrogens (tertiary/aromatic N) is 1. The van der Waals surface area contributed by atoms with Crippen molar-refractivity contribution < 1.29 is 9.21 Å². The topological polar surface area (TPSA) is 64.2 Å². The van der Waals surface area contributed by atoms with Crippen LogP contribution in [0.5, 0.6) is 0 Å². The van der Waals surface area contributed by atoms with Gasteiger partial charge in [0.25, 0.3) is 0 Å². The van der Waals surface area contributed by atoms with Crippen LogP contribution in [0, 0.1) is 23.2 Å². The zero-order valence-electron chi connectivity index (χ0n) is 15.5. The summed E-state index contributed by atoms with van der Waals surface area (Å²) in [6.07, 6.45) is 7.89. The molecular formula is C21H25ClN2O3. The number of aromatic nitrogens is 1. The van der Waals surface area contributed by atoms with Crippen molar-refractivity contribution in [2.45, 2.75) is 58.0 Å². The number of amides is 1. The molecular weight excluding hydrogens is 364 g/mol. The minimum absolute atomic E-state index is 0.0236. The van der Waals surface area contributed by atoms with Gasteiger partial charge in [-0.15, -0.1) is 0 Å². The van der Waals surface area contributed by atoms with Crippen molar-refractivity contribution in [2.75, 3.05) is 0 Å². The summed E-state index contributed by atoms with van der Waals surface area (Å²) in [4.78, 5) is 24.9. The number of carbonyl (C=O) groups is 1. The standard InChI is InChI=1S/C21H25ClN2O3/c1-12(21-8-13-4-14(9-21)6-15(5-13)10-21)23-19(25)11-24-17-3-2-16(22)7-18(17)27-20(24)26/h2-3,7,12-15H,4-6,8-11H2,1H3,(H,23,25)/t12-,13?,14?,15?,21?/m0/s1. The summed E-state index contributed by atoms with van der Waals surface area (Å²) in [5, 5.41) is 3.72. The van der Waals surface area contributed by atoms with E-state index in [9.17, 15) is 9.59 Å². The summed E-state index contributed by atoms with van der Waals surface area (Å²) in [6, 6.07) is 5.16. The Morgan fingerprint density at radius 2 is 1.89 bits per heavy atom. The molecule has 1 heterocycles. The van der Waals surface area contributed by atoms with Crippen molar-refractivity contribution in [1.29, 1.82) is 0 Å². The Hall–Kier alpha value is -1.75. The second kappa shape index (κ2) is 6.13. The van der Waals surface area contributed by atoms with E-state index < -0.39 is 5.76 Å². The first-order valence-electron chi connectivity index (χ1n) is 10.0. The average Bonchev–Trinajstić information content (AvgIpc) is 2.88. The van der Waals surface area contributed by atoms with Crippen LogP contribution in [0.1, 0.15) is 45.4 Å². The number of hydrogen-bond donors (Lipinski definition) is 1. The summed E-state index contributed by atoms with van der Waals surface area (Å²) in [5.74, 6) is 1.89. The molecule has 0 unspecified atom stereocenters. The van der Waals surface area contributed by atoms with Gasteiger partial charge in [0.15, 0.2) is 5.58 Å². The van der Waals surface area contributed by atoms with E-state index in [1.165, 1.54) is 43.1 Å². The minimum Gasteiger partial charge on any atom is -0.408 e. The molecule has 1 aromatic heterocycles. The van der Waals surface area contributed by atoms with Crippen molar-refractivity contribution in [3.8, 4) is 0 Å². The number of benzene rings is 1. The van der Waals surface area contributed by atoms with E-state index in [4.69, 9.17) is 16.0 Å². The van der Waals surface area contributed by atoms with Gasteiger partial charge >= 0.3 is 5.76 Å². The van der Waals surface area contributed by atoms with Crippen molar-refractivity contribution in [3.63, 3.8) is 0 Å². The van der Waals surface area contributed by atoms with Crippen LogP contribution in [0.15, 0.2) is 27.4 Å². The predicted molar refractivity (Wildman–Crippen MR) is 104 cm³/mol. The fourth-order valence-electron chi connectivity index (χ4n) is 6.48. The van der Waals surface area contributed by atoms with Crippen LogP contribution < -0.4 is 11.1 Å². The third-order valence-corrected chi connectivity index (χ3v) is 7.55. The molecule has 1 amide bonds. The van der Waals surface area contributed by atoms with Crippen LogP contribution in [0.25, 0.3) is 11.1 Å². The van der Waals surface area contributed by atoms with Crippen LogP contribution in [0.3, 0.4) is 0 Å². The summed E-state index contributed by atoms with van der Waals surface area (Å²) < 4.78 is 6.61. The highest BCUT2D eigenvalue weighted by Crippen LogP contribution is 2.61. The van der Waals surface area contributed by atoms with E-state index >= 15 is 0 Å². The first-order chi connectivity index (χ1) is 12.9. The Bertz CT molecular complexity index is 925. The Kier molecular flexibility index (Phi) is 3.94. The monoisotopic (exact) mass is 388 g/mol. The Morgan fingerprint density at radius 3 is 2.52 bits per heavy atom. The van der Waals surface area contributed by atoms with Crippen molar-refractivity contribution in [3.05, 3.63) is 33.8 Å². The number of fused-ring (bicyclic) bond motifs is 1. The Morgan fingerprint density at radius 1 is 1.26 bits per heavy atom. The van der Waals surface area contributed by atoms with Crippen molar-refractivity contribution in [2.24, 2.45) is 23.2 Å². The molecule has 0 saturated heterocycles. The van der Waals surface area contributed by atoms with E-state index in [2.05, 4.69) is 12.2 Å². The zero-order chi connectivity index (χ0) is 18.8. The molecule has 4 aliphatic carbocycles. The number of oxazole rings is 1. The molecule has 1 N–H and O–H groups in total. The molecule has 144 valence electrons. The zero-order valence-corrected chi connectivity index (χ0v) is 16.3. The van der Waals surface area contributed by atoms with Crippen LogP contribution in [0.2, 0.25) is 5.02 Å². The van der Waals surface area contributed by atoms with Crippen LogP contribution >= 0.6 is 11.6 Å². The lowest BCUT2D eigenvalue weighted by atomic mass is 9.48. The summed E-state index contributed by atoms with van der Waals surface area (Å²) in [7, 11) is 0. The van der Waals surface area contributed by atoms with Crippen molar-refractivity contribution >= 4 is 28.6 Å². The molecule has 1 atom stereocenters. The average molecular weight is 389 g/mol. The van der Waals surface area contributed by atoms with Gasteiger partial charge in [0.05, 0.1) is 5.52 Å².